The third kappa shape index (κ3) is 2.30. The number of fused-ring (bicyclic) bond motifs is 1. The van der Waals surface area contributed by atoms with Gasteiger partial charge in [0.25, 0.3) is 5.91 Å². The van der Waals surface area contributed by atoms with Gasteiger partial charge in [0.2, 0.25) is 0 Å². The number of hydrogen-bond donors (Lipinski definition) is 3. The molecule has 5 nitrogen and oxygen atoms in total. The van der Waals surface area contributed by atoms with Crippen LogP contribution in [0, 0.1) is 0 Å². The van der Waals surface area contributed by atoms with Crippen LogP contribution in [0.4, 0.5) is 0 Å². The van der Waals surface area contributed by atoms with E-state index in [9.17, 15) is 9.59 Å². The Hall–Kier alpha value is -2.34. The summed E-state index contributed by atoms with van der Waals surface area (Å²) in [6.45, 7) is 0.314. The molecule has 0 bridgehead atoms. The number of hydrogen-bond acceptors (Lipinski definition) is 3. The van der Waals surface area contributed by atoms with Crippen molar-refractivity contribution in [3.05, 3.63) is 56.8 Å². The van der Waals surface area contributed by atoms with Crippen LogP contribution >= 0.6 is 11.3 Å². The Balaban J connectivity index is 1.80. The van der Waals surface area contributed by atoms with Crippen LogP contribution in [0.2, 0.25) is 0 Å². The maximum absolute atomic E-state index is 12.1. The number of aromatic amines is 2. The summed E-state index contributed by atoms with van der Waals surface area (Å²) in [5.41, 5.74) is 2.13. The van der Waals surface area contributed by atoms with E-state index in [2.05, 4.69) is 15.3 Å². The molecule has 0 radical (unpaired) electrons. The Morgan fingerprint density at radius 2 is 2.21 bits per heavy atom. The molecule has 3 rings (SSSR count). The van der Waals surface area contributed by atoms with Gasteiger partial charge in [-0.05, 0) is 12.1 Å². The van der Waals surface area contributed by atoms with E-state index in [0.717, 1.165) is 22.2 Å². The van der Waals surface area contributed by atoms with Crippen molar-refractivity contribution in [1.29, 1.82) is 0 Å². The molecule has 0 saturated carbocycles. The molecule has 1 aromatic carbocycles. The summed E-state index contributed by atoms with van der Waals surface area (Å²) in [5, 5.41) is 5.49. The van der Waals surface area contributed by atoms with Crippen LogP contribution in [0.1, 0.15) is 16.1 Å². The second kappa shape index (κ2) is 4.74. The summed E-state index contributed by atoms with van der Waals surface area (Å²) in [4.78, 5) is 28.7. The predicted octanol–water partition coefficient (Wildman–Crippen LogP) is 1.85. The number of carbonyl (C=O) groups excluding carboxylic acids is 1. The number of para-hydroxylation sites is 1. The van der Waals surface area contributed by atoms with E-state index in [1.54, 1.807) is 17.6 Å². The lowest BCUT2D eigenvalue weighted by atomic mass is 10.1. The van der Waals surface area contributed by atoms with Gasteiger partial charge < -0.3 is 15.3 Å². The molecule has 2 heterocycles. The Kier molecular flexibility index (Phi) is 2.92. The third-order valence-electron chi connectivity index (χ3n) is 2.84. The maximum Gasteiger partial charge on any atom is 0.304 e. The first-order valence-corrected chi connectivity index (χ1v) is 6.63. The van der Waals surface area contributed by atoms with Crippen LogP contribution in [-0.2, 0) is 6.54 Å². The van der Waals surface area contributed by atoms with Crippen molar-refractivity contribution >= 4 is 28.1 Å². The Labute approximate surface area is 112 Å². The first-order chi connectivity index (χ1) is 9.24. The molecule has 0 aliphatic rings. The van der Waals surface area contributed by atoms with E-state index in [-0.39, 0.29) is 10.8 Å². The highest BCUT2D eigenvalue weighted by atomic mass is 32.1. The van der Waals surface area contributed by atoms with Crippen molar-refractivity contribution in [1.82, 2.24) is 15.3 Å². The number of thiazole rings is 1. The molecule has 2 aromatic heterocycles. The zero-order valence-corrected chi connectivity index (χ0v) is 10.7. The maximum atomic E-state index is 12.1. The van der Waals surface area contributed by atoms with Crippen LogP contribution in [0.3, 0.4) is 0 Å². The molecule has 0 saturated heterocycles. The first kappa shape index (κ1) is 11.7. The predicted molar refractivity (Wildman–Crippen MR) is 74.4 cm³/mol. The minimum Gasteiger partial charge on any atom is -0.361 e. The van der Waals surface area contributed by atoms with Crippen LogP contribution in [0.25, 0.3) is 10.9 Å². The van der Waals surface area contributed by atoms with Crippen molar-refractivity contribution in [2.24, 2.45) is 0 Å². The van der Waals surface area contributed by atoms with Gasteiger partial charge in [0.15, 0.2) is 0 Å². The van der Waals surface area contributed by atoms with E-state index in [1.807, 2.05) is 18.2 Å². The summed E-state index contributed by atoms with van der Waals surface area (Å²) in [6.07, 6.45) is 1.80. The highest BCUT2D eigenvalue weighted by molar-refractivity contribution is 7.07. The molecule has 0 atom stereocenters. The van der Waals surface area contributed by atoms with E-state index < -0.39 is 0 Å². The molecular formula is C13H11N3O2S. The molecule has 0 aliphatic heterocycles. The van der Waals surface area contributed by atoms with Crippen LogP contribution in [0.15, 0.2) is 40.6 Å². The van der Waals surface area contributed by atoms with Crippen LogP contribution < -0.4 is 10.2 Å². The third-order valence-corrected chi connectivity index (χ3v) is 3.56. The number of carbonyl (C=O) groups is 1. The minimum absolute atomic E-state index is 0.115. The lowest BCUT2D eigenvalue weighted by Crippen LogP contribution is -2.23. The molecule has 3 aromatic rings. The highest BCUT2D eigenvalue weighted by Crippen LogP contribution is 2.16. The smallest absolute Gasteiger partial charge is 0.304 e. The monoisotopic (exact) mass is 273 g/mol. The number of aromatic nitrogens is 2. The molecule has 0 unspecified atom stereocenters. The van der Waals surface area contributed by atoms with Gasteiger partial charge in [-0.3, -0.25) is 9.59 Å². The fraction of sp³-hybridized carbons (Fsp3) is 0.0769. The van der Waals surface area contributed by atoms with Crippen molar-refractivity contribution < 1.29 is 4.79 Å². The van der Waals surface area contributed by atoms with Gasteiger partial charge in [-0.15, -0.1) is 0 Å². The normalized spacial score (nSPS) is 10.7. The SMILES string of the molecule is O=C(NCc1csc(=O)[nH]1)c1cccc2cc[nH]c12. The fourth-order valence-corrected chi connectivity index (χ4v) is 2.53. The summed E-state index contributed by atoms with van der Waals surface area (Å²) in [7, 11) is 0. The Morgan fingerprint density at radius 3 is 3.00 bits per heavy atom. The number of nitrogens with one attached hydrogen (secondary N) is 3. The zero-order chi connectivity index (χ0) is 13.2. The average molecular weight is 273 g/mol. The summed E-state index contributed by atoms with van der Waals surface area (Å²) < 4.78 is 0. The van der Waals surface area contributed by atoms with Gasteiger partial charge in [-0.1, -0.05) is 23.5 Å². The lowest BCUT2D eigenvalue weighted by molar-refractivity contribution is 0.0952. The molecule has 1 amide bonds. The van der Waals surface area contributed by atoms with Gasteiger partial charge in [0.05, 0.1) is 17.6 Å². The van der Waals surface area contributed by atoms with Gasteiger partial charge in [-0.2, -0.15) is 0 Å². The lowest BCUT2D eigenvalue weighted by Gasteiger charge is -2.04. The molecule has 96 valence electrons. The summed E-state index contributed by atoms with van der Waals surface area (Å²) in [6, 6.07) is 7.48. The topological polar surface area (TPSA) is 77.8 Å². The van der Waals surface area contributed by atoms with E-state index in [0.29, 0.717) is 17.8 Å². The molecular weight excluding hydrogens is 262 g/mol. The zero-order valence-electron chi connectivity index (χ0n) is 9.90. The Bertz CT molecular complexity index is 784. The van der Waals surface area contributed by atoms with Crippen molar-refractivity contribution in [2.75, 3.05) is 0 Å². The average Bonchev–Trinajstić information content (AvgIpc) is 3.03. The van der Waals surface area contributed by atoms with Gasteiger partial charge in [0, 0.05) is 22.7 Å². The quantitative estimate of drug-likeness (QED) is 0.681. The van der Waals surface area contributed by atoms with Gasteiger partial charge >= 0.3 is 4.87 Å². The second-order valence-electron chi connectivity index (χ2n) is 4.10. The van der Waals surface area contributed by atoms with Gasteiger partial charge in [-0.25, -0.2) is 0 Å². The molecule has 19 heavy (non-hydrogen) atoms. The summed E-state index contributed by atoms with van der Waals surface area (Å²) >= 11 is 1.09. The van der Waals surface area contributed by atoms with E-state index >= 15 is 0 Å². The molecule has 0 aliphatic carbocycles. The summed E-state index contributed by atoms with van der Waals surface area (Å²) in [5.74, 6) is -0.167. The number of benzene rings is 1. The minimum atomic E-state index is -0.167. The highest BCUT2D eigenvalue weighted by Gasteiger charge is 2.10. The Morgan fingerprint density at radius 1 is 1.32 bits per heavy atom. The first-order valence-electron chi connectivity index (χ1n) is 5.75. The molecule has 0 fully saturated rings. The molecule has 0 spiro atoms. The van der Waals surface area contributed by atoms with Crippen LogP contribution in [0.5, 0.6) is 0 Å². The fourth-order valence-electron chi connectivity index (χ4n) is 1.95. The largest absolute Gasteiger partial charge is 0.361 e. The van der Waals surface area contributed by atoms with E-state index in [4.69, 9.17) is 0 Å². The standard InChI is InChI=1S/C13H11N3O2S/c17-12(15-6-9-7-19-13(18)16-9)10-3-1-2-8-4-5-14-11(8)10/h1-5,7,14H,6H2,(H,15,17)(H,16,18). The van der Waals surface area contributed by atoms with Crippen molar-refractivity contribution in [3.63, 3.8) is 0 Å². The number of rotatable bonds is 3. The second-order valence-corrected chi connectivity index (χ2v) is 4.95. The van der Waals surface area contributed by atoms with E-state index in [1.165, 1.54) is 0 Å². The number of amides is 1. The van der Waals surface area contributed by atoms with Crippen molar-refractivity contribution in [2.45, 2.75) is 6.54 Å². The molecule has 6 heteroatoms. The van der Waals surface area contributed by atoms with Crippen molar-refractivity contribution in [3.8, 4) is 0 Å². The molecule has 3 N–H and O–H groups in total. The number of H-pyrrole nitrogens is 2. The van der Waals surface area contributed by atoms with Gasteiger partial charge in [0.1, 0.15) is 0 Å². The van der Waals surface area contributed by atoms with Crippen LogP contribution in [-0.4, -0.2) is 15.9 Å².